The van der Waals surface area contributed by atoms with Crippen LogP contribution in [0.3, 0.4) is 0 Å². The fraction of sp³-hybridized carbons (Fsp3) is 0.522. The first kappa shape index (κ1) is 21.5. The zero-order valence-electron chi connectivity index (χ0n) is 17.7. The molecule has 4 rings (SSSR count). The number of carbonyl (C=O) groups is 1. The molecule has 0 unspecified atom stereocenters. The lowest BCUT2D eigenvalue weighted by atomic mass is 9.83. The van der Waals surface area contributed by atoms with Crippen LogP contribution in [0.4, 0.5) is 0 Å². The number of rotatable bonds is 7. The van der Waals surface area contributed by atoms with Crippen LogP contribution in [0.25, 0.3) is 0 Å². The summed E-state index contributed by atoms with van der Waals surface area (Å²) in [6.45, 7) is 3.34. The molecule has 1 aromatic carbocycles. The van der Waals surface area contributed by atoms with Crippen molar-refractivity contribution in [2.24, 2.45) is 5.92 Å². The fourth-order valence-electron chi connectivity index (χ4n) is 4.19. The van der Waals surface area contributed by atoms with Gasteiger partial charge >= 0.3 is 5.97 Å². The maximum Gasteiger partial charge on any atom is 0.361 e. The van der Waals surface area contributed by atoms with E-state index in [-0.39, 0.29) is 24.7 Å². The topological polar surface area (TPSA) is 99.7 Å². The maximum atomic E-state index is 12.8. The molecule has 0 atom stereocenters. The predicted octanol–water partition coefficient (Wildman–Crippen LogP) is 3.00. The summed E-state index contributed by atoms with van der Waals surface area (Å²) in [6.07, 6.45) is 4.03. The molecule has 31 heavy (non-hydrogen) atoms. The van der Waals surface area contributed by atoms with E-state index in [0.717, 1.165) is 31.2 Å². The van der Waals surface area contributed by atoms with Crippen LogP contribution in [-0.2, 0) is 27.2 Å². The summed E-state index contributed by atoms with van der Waals surface area (Å²) in [6, 6.07) is 9.43. The van der Waals surface area contributed by atoms with Crippen molar-refractivity contribution in [2.45, 2.75) is 51.4 Å². The third kappa shape index (κ3) is 5.14. The fourth-order valence-corrected chi connectivity index (χ4v) is 4.19. The lowest BCUT2D eigenvalue weighted by molar-refractivity contribution is -0.182. The SMILES string of the molecule is CCOC(=O)c1nc(CC2CCC3(CC2)OCCO3)[nH]c(=O)c1OCc1ccccc1. The van der Waals surface area contributed by atoms with Gasteiger partial charge in [0.15, 0.2) is 11.5 Å². The Hall–Kier alpha value is -2.71. The zero-order chi connectivity index (χ0) is 21.7. The summed E-state index contributed by atoms with van der Waals surface area (Å²) in [5, 5.41) is 0. The monoisotopic (exact) mass is 428 g/mol. The lowest BCUT2D eigenvalue weighted by Crippen LogP contribution is -2.36. The average Bonchev–Trinajstić information content (AvgIpc) is 3.23. The van der Waals surface area contributed by atoms with Gasteiger partial charge in [0.1, 0.15) is 12.4 Å². The van der Waals surface area contributed by atoms with Gasteiger partial charge < -0.3 is 23.9 Å². The van der Waals surface area contributed by atoms with Crippen LogP contribution in [0.15, 0.2) is 35.1 Å². The Bertz CT molecular complexity index is 942. The van der Waals surface area contributed by atoms with Crippen molar-refractivity contribution in [3.63, 3.8) is 0 Å². The third-order valence-corrected chi connectivity index (χ3v) is 5.78. The second-order valence-electron chi connectivity index (χ2n) is 7.94. The minimum Gasteiger partial charge on any atom is -0.481 e. The Labute approximate surface area is 180 Å². The van der Waals surface area contributed by atoms with Crippen molar-refractivity contribution in [3.8, 4) is 5.75 Å². The van der Waals surface area contributed by atoms with Gasteiger partial charge in [0.25, 0.3) is 5.56 Å². The van der Waals surface area contributed by atoms with Gasteiger partial charge in [0.05, 0.1) is 19.8 Å². The summed E-state index contributed by atoms with van der Waals surface area (Å²) in [5.74, 6) is -0.403. The first-order chi connectivity index (χ1) is 15.1. The molecule has 8 nitrogen and oxygen atoms in total. The van der Waals surface area contributed by atoms with Crippen LogP contribution < -0.4 is 10.3 Å². The highest BCUT2D eigenvalue weighted by molar-refractivity contribution is 5.90. The van der Waals surface area contributed by atoms with E-state index >= 15 is 0 Å². The highest BCUT2D eigenvalue weighted by Gasteiger charge is 2.40. The van der Waals surface area contributed by atoms with E-state index < -0.39 is 17.3 Å². The molecule has 0 amide bonds. The standard InChI is InChI=1S/C23H28N2O6/c1-2-28-22(27)19-20(29-15-17-6-4-3-5-7-17)21(26)25-18(24-19)14-16-8-10-23(11-9-16)30-12-13-31-23/h3-7,16H,2,8-15H2,1H3,(H,24,25,26). The Morgan fingerprint density at radius 3 is 2.58 bits per heavy atom. The van der Waals surface area contributed by atoms with Gasteiger partial charge in [0.2, 0.25) is 5.75 Å². The predicted molar refractivity (Wildman–Crippen MR) is 112 cm³/mol. The molecule has 1 N–H and O–H groups in total. The molecule has 0 radical (unpaired) electrons. The maximum absolute atomic E-state index is 12.8. The van der Waals surface area contributed by atoms with Crippen LogP contribution in [0.5, 0.6) is 5.75 Å². The van der Waals surface area contributed by atoms with Crippen LogP contribution in [0.2, 0.25) is 0 Å². The van der Waals surface area contributed by atoms with Crippen molar-refractivity contribution in [1.82, 2.24) is 9.97 Å². The molecule has 1 saturated heterocycles. The van der Waals surface area contributed by atoms with Crippen LogP contribution in [0.1, 0.15) is 54.5 Å². The largest absolute Gasteiger partial charge is 0.481 e. The smallest absolute Gasteiger partial charge is 0.361 e. The molecular weight excluding hydrogens is 400 g/mol. The summed E-state index contributed by atoms with van der Waals surface area (Å²) < 4.78 is 22.4. The summed E-state index contributed by atoms with van der Waals surface area (Å²) in [7, 11) is 0. The Morgan fingerprint density at radius 2 is 1.90 bits per heavy atom. The second kappa shape index (κ2) is 9.62. The molecule has 1 aromatic heterocycles. The lowest BCUT2D eigenvalue weighted by Gasteiger charge is -2.35. The summed E-state index contributed by atoms with van der Waals surface area (Å²) in [5.41, 5.74) is 0.332. The van der Waals surface area contributed by atoms with Crippen molar-refractivity contribution in [2.75, 3.05) is 19.8 Å². The van der Waals surface area contributed by atoms with Crippen LogP contribution in [-0.4, -0.2) is 41.5 Å². The van der Waals surface area contributed by atoms with E-state index in [1.807, 2.05) is 30.3 Å². The Kier molecular flexibility index (Phi) is 6.67. The number of hydrogen-bond acceptors (Lipinski definition) is 7. The molecule has 8 heteroatoms. The molecule has 1 aliphatic carbocycles. The third-order valence-electron chi connectivity index (χ3n) is 5.78. The zero-order valence-corrected chi connectivity index (χ0v) is 17.7. The average molecular weight is 428 g/mol. The number of esters is 1. The van der Waals surface area contributed by atoms with Crippen LogP contribution in [0, 0.1) is 5.92 Å². The number of hydrogen-bond donors (Lipinski definition) is 1. The molecule has 0 bridgehead atoms. The Morgan fingerprint density at radius 1 is 1.19 bits per heavy atom. The molecular formula is C23H28N2O6. The minimum absolute atomic E-state index is 0.0775. The van der Waals surface area contributed by atoms with Gasteiger partial charge in [0, 0.05) is 19.3 Å². The van der Waals surface area contributed by atoms with Gasteiger partial charge in [-0.3, -0.25) is 4.79 Å². The molecule has 2 aromatic rings. The van der Waals surface area contributed by atoms with Crippen molar-refractivity contribution >= 4 is 5.97 Å². The quantitative estimate of drug-likeness (QED) is 0.677. The summed E-state index contributed by atoms with van der Waals surface area (Å²) in [4.78, 5) is 32.5. The van der Waals surface area contributed by atoms with E-state index in [4.69, 9.17) is 18.9 Å². The van der Waals surface area contributed by atoms with Crippen molar-refractivity contribution in [3.05, 3.63) is 57.8 Å². The molecule has 1 spiro atoms. The van der Waals surface area contributed by atoms with Gasteiger partial charge in [-0.05, 0) is 31.2 Å². The number of carbonyl (C=O) groups excluding carboxylic acids is 1. The first-order valence-corrected chi connectivity index (χ1v) is 10.8. The Balaban J connectivity index is 1.49. The number of aromatic nitrogens is 2. The number of benzene rings is 1. The molecule has 1 aliphatic heterocycles. The second-order valence-corrected chi connectivity index (χ2v) is 7.94. The summed E-state index contributed by atoms with van der Waals surface area (Å²) >= 11 is 0. The van der Waals surface area contributed by atoms with Gasteiger partial charge in [-0.1, -0.05) is 30.3 Å². The van der Waals surface area contributed by atoms with E-state index in [9.17, 15) is 9.59 Å². The number of ether oxygens (including phenoxy) is 4. The van der Waals surface area contributed by atoms with E-state index in [1.165, 1.54) is 0 Å². The number of nitrogens with zero attached hydrogens (tertiary/aromatic N) is 1. The van der Waals surface area contributed by atoms with Gasteiger partial charge in [-0.2, -0.15) is 0 Å². The normalized spacial score (nSPS) is 18.2. The minimum atomic E-state index is -0.659. The van der Waals surface area contributed by atoms with Crippen molar-refractivity contribution < 1.29 is 23.7 Å². The highest BCUT2D eigenvalue weighted by atomic mass is 16.7. The van der Waals surface area contributed by atoms with Crippen molar-refractivity contribution in [1.29, 1.82) is 0 Å². The molecule has 2 aliphatic rings. The number of H-pyrrole nitrogens is 1. The van der Waals surface area contributed by atoms with E-state index in [2.05, 4.69) is 9.97 Å². The molecule has 2 fully saturated rings. The van der Waals surface area contributed by atoms with E-state index in [0.29, 0.717) is 31.4 Å². The number of aromatic amines is 1. The van der Waals surface area contributed by atoms with Gasteiger partial charge in [-0.25, -0.2) is 9.78 Å². The highest BCUT2D eigenvalue weighted by Crippen LogP contribution is 2.39. The van der Waals surface area contributed by atoms with E-state index in [1.54, 1.807) is 6.92 Å². The first-order valence-electron chi connectivity index (χ1n) is 10.8. The molecule has 166 valence electrons. The van der Waals surface area contributed by atoms with Gasteiger partial charge in [-0.15, -0.1) is 0 Å². The molecule has 2 heterocycles. The number of nitrogens with one attached hydrogen (secondary N) is 1. The molecule has 1 saturated carbocycles. The van der Waals surface area contributed by atoms with Crippen LogP contribution >= 0.6 is 0 Å².